The van der Waals surface area contributed by atoms with Crippen LogP contribution in [0.4, 0.5) is 5.69 Å². The molecule has 3 aromatic rings. The van der Waals surface area contributed by atoms with Crippen LogP contribution in [-0.2, 0) is 6.42 Å². The van der Waals surface area contributed by atoms with Crippen LogP contribution >= 0.6 is 0 Å². The van der Waals surface area contributed by atoms with E-state index in [1.54, 1.807) is 0 Å². The largest absolute Gasteiger partial charge is 0.384 e. The summed E-state index contributed by atoms with van der Waals surface area (Å²) in [5.74, 6) is 0. The van der Waals surface area contributed by atoms with Gasteiger partial charge in [0, 0.05) is 12.2 Å². The molecule has 3 aromatic carbocycles. The van der Waals surface area contributed by atoms with Crippen molar-refractivity contribution in [2.45, 2.75) is 20.3 Å². The van der Waals surface area contributed by atoms with Crippen molar-refractivity contribution in [3.63, 3.8) is 0 Å². The lowest BCUT2D eigenvalue weighted by atomic mass is 10.0. The zero-order valence-electron chi connectivity index (χ0n) is 12.7. The Bertz CT molecular complexity index is 753. The van der Waals surface area contributed by atoms with Gasteiger partial charge in [-0.05, 0) is 48.2 Å². The summed E-state index contributed by atoms with van der Waals surface area (Å²) in [5.41, 5.74) is 5.27. The summed E-state index contributed by atoms with van der Waals surface area (Å²) >= 11 is 0. The first-order chi connectivity index (χ1) is 10.2. The maximum Gasteiger partial charge on any atom is 0.0370 e. The fraction of sp³-hybridized carbons (Fsp3) is 0.200. The van der Waals surface area contributed by atoms with Crippen molar-refractivity contribution < 1.29 is 0 Å². The van der Waals surface area contributed by atoms with Crippen LogP contribution in [0.5, 0.6) is 0 Å². The van der Waals surface area contributed by atoms with Gasteiger partial charge in [-0.25, -0.2) is 0 Å². The summed E-state index contributed by atoms with van der Waals surface area (Å²) in [6, 6.07) is 21.7. The van der Waals surface area contributed by atoms with Gasteiger partial charge in [-0.2, -0.15) is 0 Å². The average Bonchev–Trinajstić information content (AvgIpc) is 2.50. The minimum absolute atomic E-state index is 0.956. The molecule has 1 N–H and O–H groups in total. The fourth-order valence-corrected chi connectivity index (χ4v) is 2.85. The lowest BCUT2D eigenvalue weighted by molar-refractivity contribution is 1.03. The molecule has 0 fully saturated rings. The lowest BCUT2D eigenvalue weighted by Crippen LogP contribution is -2.06. The van der Waals surface area contributed by atoms with E-state index in [0.29, 0.717) is 0 Å². The molecule has 1 heteroatoms. The number of rotatable bonds is 4. The van der Waals surface area contributed by atoms with Crippen LogP contribution in [0, 0.1) is 13.8 Å². The average molecular weight is 275 g/mol. The van der Waals surface area contributed by atoms with Crippen LogP contribution < -0.4 is 5.32 Å². The highest BCUT2D eigenvalue weighted by atomic mass is 14.9. The van der Waals surface area contributed by atoms with Gasteiger partial charge in [0.1, 0.15) is 0 Å². The second-order valence-corrected chi connectivity index (χ2v) is 5.63. The molecule has 106 valence electrons. The number of aryl methyl sites for hydroxylation is 2. The predicted octanol–water partition coefficient (Wildman–Crippen LogP) is 5.11. The summed E-state index contributed by atoms with van der Waals surface area (Å²) in [6.07, 6.45) is 1.04. The Morgan fingerprint density at radius 1 is 0.857 bits per heavy atom. The van der Waals surface area contributed by atoms with Crippen LogP contribution in [0.1, 0.15) is 16.7 Å². The molecule has 0 aliphatic carbocycles. The van der Waals surface area contributed by atoms with Crippen LogP contribution in [-0.4, -0.2) is 6.54 Å². The van der Waals surface area contributed by atoms with E-state index in [-0.39, 0.29) is 0 Å². The molecule has 0 atom stereocenters. The van der Waals surface area contributed by atoms with Crippen molar-refractivity contribution in [2.24, 2.45) is 0 Å². The zero-order chi connectivity index (χ0) is 14.7. The monoisotopic (exact) mass is 275 g/mol. The first-order valence-electron chi connectivity index (χ1n) is 7.52. The first kappa shape index (κ1) is 13.7. The number of anilines is 1. The first-order valence-corrected chi connectivity index (χ1v) is 7.52. The Morgan fingerprint density at radius 3 is 2.52 bits per heavy atom. The summed E-state index contributed by atoms with van der Waals surface area (Å²) in [6.45, 7) is 5.25. The van der Waals surface area contributed by atoms with E-state index in [1.165, 1.54) is 33.2 Å². The van der Waals surface area contributed by atoms with E-state index < -0.39 is 0 Å². The topological polar surface area (TPSA) is 12.0 Å². The second-order valence-electron chi connectivity index (χ2n) is 5.63. The van der Waals surface area contributed by atoms with Crippen LogP contribution in [0.25, 0.3) is 10.8 Å². The molecule has 0 aromatic heterocycles. The number of fused-ring (bicyclic) bond motifs is 1. The van der Waals surface area contributed by atoms with Gasteiger partial charge >= 0.3 is 0 Å². The minimum Gasteiger partial charge on any atom is -0.384 e. The molecule has 0 saturated carbocycles. The van der Waals surface area contributed by atoms with E-state index in [1.807, 2.05) is 0 Å². The third kappa shape index (κ3) is 3.08. The van der Waals surface area contributed by atoms with Gasteiger partial charge in [0.05, 0.1) is 0 Å². The Labute approximate surface area is 126 Å². The van der Waals surface area contributed by atoms with Gasteiger partial charge in [-0.3, -0.25) is 0 Å². The summed E-state index contributed by atoms with van der Waals surface area (Å²) in [7, 11) is 0. The Balaban J connectivity index is 1.72. The molecule has 0 heterocycles. The van der Waals surface area contributed by atoms with Crippen LogP contribution in [0.2, 0.25) is 0 Å². The quantitative estimate of drug-likeness (QED) is 0.697. The van der Waals surface area contributed by atoms with Crippen molar-refractivity contribution in [2.75, 3.05) is 11.9 Å². The lowest BCUT2D eigenvalue weighted by Gasteiger charge is -2.11. The van der Waals surface area contributed by atoms with Crippen LogP contribution in [0.3, 0.4) is 0 Å². The van der Waals surface area contributed by atoms with Crippen LogP contribution in [0.15, 0.2) is 60.7 Å². The highest BCUT2D eigenvalue weighted by Gasteiger charge is 2.01. The highest BCUT2D eigenvalue weighted by Crippen LogP contribution is 2.20. The van der Waals surface area contributed by atoms with E-state index in [4.69, 9.17) is 0 Å². The maximum atomic E-state index is 3.55. The third-order valence-corrected chi connectivity index (χ3v) is 3.97. The number of nitrogens with one attached hydrogen (secondary N) is 1. The van der Waals surface area contributed by atoms with Crippen molar-refractivity contribution in [1.29, 1.82) is 0 Å². The van der Waals surface area contributed by atoms with E-state index in [9.17, 15) is 0 Å². The van der Waals surface area contributed by atoms with E-state index in [0.717, 1.165) is 13.0 Å². The highest BCUT2D eigenvalue weighted by molar-refractivity contribution is 5.85. The molecule has 1 nitrogen and oxygen atoms in total. The van der Waals surface area contributed by atoms with Gasteiger partial charge < -0.3 is 5.32 Å². The molecule has 0 aliphatic heterocycles. The van der Waals surface area contributed by atoms with Gasteiger partial charge in [-0.1, -0.05) is 60.2 Å². The second kappa shape index (κ2) is 6.01. The molecule has 0 saturated heterocycles. The third-order valence-electron chi connectivity index (χ3n) is 3.97. The molecule has 0 bridgehead atoms. The molecule has 0 radical (unpaired) electrons. The molecule has 3 rings (SSSR count). The summed E-state index contributed by atoms with van der Waals surface area (Å²) in [4.78, 5) is 0. The molecular formula is C20H21N. The number of hydrogen-bond donors (Lipinski definition) is 1. The summed E-state index contributed by atoms with van der Waals surface area (Å²) < 4.78 is 0. The predicted molar refractivity (Wildman–Crippen MR) is 92.1 cm³/mol. The molecule has 0 aliphatic rings. The molecule has 21 heavy (non-hydrogen) atoms. The summed E-state index contributed by atoms with van der Waals surface area (Å²) in [5, 5.41) is 6.24. The molecule has 0 amide bonds. The molecule has 0 unspecified atom stereocenters. The Morgan fingerprint density at radius 2 is 1.67 bits per heavy atom. The zero-order valence-corrected chi connectivity index (χ0v) is 12.7. The van der Waals surface area contributed by atoms with Gasteiger partial charge in [0.15, 0.2) is 0 Å². The van der Waals surface area contributed by atoms with Crippen molar-refractivity contribution in [3.05, 3.63) is 77.4 Å². The van der Waals surface area contributed by atoms with Crippen molar-refractivity contribution >= 4 is 16.5 Å². The smallest absolute Gasteiger partial charge is 0.0370 e. The van der Waals surface area contributed by atoms with Gasteiger partial charge in [-0.15, -0.1) is 0 Å². The van der Waals surface area contributed by atoms with E-state index >= 15 is 0 Å². The molecule has 0 spiro atoms. The minimum atomic E-state index is 0.956. The Hall–Kier alpha value is -2.28. The molecular weight excluding hydrogens is 254 g/mol. The van der Waals surface area contributed by atoms with E-state index in [2.05, 4.69) is 79.8 Å². The SMILES string of the molecule is Cc1ccc(NCCc2cccc3ccccc23)c(C)c1. The normalized spacial score (nSPS) is 10.8. The number of benzene rings is 3. The van der Waals surface area contributed by atoms with Gasteiger partial charge in [0.2, 0.25) is 0 Å². The van der Waals surface area contributed by atoms with Crippen molar-refractivity contribution in [3.8, 4) is 0 Å². The van der Waals surface area contributed by atoms with Crippen molar-refractivity contribution in [1.82, 2.24) is 0 Å². The van der Waals surface area contributed by atoms with Gasteiger partial charge in [0.25, 0.3) is 0 Å². The Kier molecular flexibility index (Phi) is 3.92. The maximum absolute atomic E-state index is 3.55. The number of hydrogen-bond acceptors (Lipinski definition) is 1. The fourth-order valence-electron chi connectivity index (χ4n) is 2.85. The standard InChI is InChI=1S/C20H21N/c1-15-10-11-20(16(2)14-15)21-13-12-18-8-5-7-17-6-3-4-9-19(17)18/h3-11,14,21H,12-13H2,1-2H3.